The number of ether oxygens (including phenoxy) is 1. The second kappa shape index (κ2) is 7.63. The molecule has 1 aliphatic rings. The van der Waals surface area contributed by atoms with Gasteiger partial charge in [-0.1, -0.05) is 11.6 Å². The van der Waals surface area contributed by atoms with E-state index in [0.717, 1.165) is 24.0 Å². The highest BCUT2D eigenvalue weighted by Gasteiger charge is 2.14. The minimum absolute atomic E-state index is 0.0306. The van der Waals surface area contributed by atoms with Crippen molar-refractivity contribution in [2.75, 3.05) is 6.61 Å². The predicted molar refractivity (Wildman–Crippen MR) is 80.2 cm³/mol. The van der Waals surface area contributed by atoms with Crippen molar-refractivity contribution in [3.8, 4) is 0 Å². The first-order valence-electron chi connectivity index (χ1n) is 6.83. The zero-order valence-electron chi connectivity index (χ0n) is 12.7. The Labute approximate surface area is 120 Å². The van der Waals surface area contributed by atoms with Crippen LogP contribution in [0.1, 0.15) is 40.5 Å². The fourth-order valence-corrected chi connectivity index (χ4v) is 1.86. The number of hydrogen-bond donors (Lipinski definition) is 0. The molecule has 108 valence electrons. The summed E-state index contributed by atoms with van der Waals surface area (Å²) in [4.78, 5) is 23.1. The third-order valence-electron chi connectivity index (χ3n) is 3.28. The van der Waals surface area contributed by atoms with Gasteiger partial charge in [0.1, 0.15) is 12.4 Å². The van der Waals surface area contributed by atoms with Crippen molar-refractivity contribution in [2.24, 2.45) is 0 Å². The van der Waals surface area contributed by atoms with Crippen molar-refractivity contribution in [3.63, 3.8) is 0 Å². The van der Waals surface area contributed by atoms with Crippen LogP contribution in [0.15, 0.2) is 46.8 Å². The van der Waals surface area contributed by atoms with Crippen LogP contribution in [-0.4, -0.2) is 18.2 Å². The molecule has 1 rings (SSSR count). The molecule has 0 N–H and O–H groups in total. The van der Waals surface area contributed by atoms with E-state index in [9.17, 15) is 9.59 Å². The topological polar surface area (TPSA) is 43.4 Å². The van der Waals surface area contributed by atoms with Gasteiger partial charge in [-0.05, 0) is 64.3 Å². The van der Waals surface area contributed by atoms with Crippen LogP contribution in [-0.2, 0) is 14.3 Å². The van der Waals surface area contributed by atoms with Crippen LogP contribution in [0.5, 0.6) is 0 Å². The molecule has 0 unspecified atom stereocenters. The van der Waals surface area contributed by atoms with E-state index < -0.39 is 0 Å². The van der Waals surface area contributed by atoms with Gasteiger partial charge in [-0.3, -0.25) is 9.59 Å². The van der Waals surface area contributed by atoms with Crippen LogP contribution in [0.2, 0.25) is 0 Å². The molecular weight excluding hydrogens is 252 g/mol. The number of ketones is 2. The highest BCUT2D eigenvalue weighted by atomic mass is 16.5. The van der Waals surface area contributed by atoms with E-state index in [1.54, 1.807) is 18.2 Å². The van der Waals surface area contributed by atoms with E-state index in [1.165, 1.54) is 6.92 Å². The van der Waals surface area contributed by atoms with Gasteiger partial charge in [0, 0.05) is 5.57 Å². The van der Waals surface area contributed by atoms with E-state index in [4.69, 9.17) is 4.74 Å². The third-order valence-corrected chi connectivity index (χ3v) is 3.28. The Morgan fingerprint density at radius 3 is 2.70 bits per heavy atom. The molecule has 0 bridgehead atoms. The number of carbonyl (C=O) groups is 2. The number of hydrogen-bond acceptors (Lipinski definition) is 3. The Balaban J connectivity index is 2.81. The molecule has 20 heavy (non-hydrogen) atoms. The maximum absolute atomic E-state index is 12.2. The molecule has 0 saturated carbocycles. The molecule has 0 spiro atoms. The molecule has 0 amide bonds. The lowest BCUT2D eigenvalue weighted by Gasteiger charge is -2.05. The van der Waals surface area contributed by atoms with E-state index in [2.05, 4.69) is 0 Å². The van der Waals surface area contributed by atoms with Crippen LogP contribution in [0, 0.1) is 0 Å². The SMILES string of the molecule is C/C=C(\C=C/C1=CCCC(C)=C(C)C1=O)OCC(C)=O. The second-order valence-electron chi connectivity index (χ2n) is 4.95. The summed E-state index contributed by atoms with van der Waals surface area (Å²) in [7, 11) is 0. The fourth-order valence-electron chi connectivity index (χ4n) is 1.86. The summed E-state index contributed by atoms with van der Waals surface area (Å²) in [5.74, 6) is 0.631. The highest BCUT2D eigenvalue weighted by molar-refractivity contribution is 6.10. The Morgan fingerprint density at radius 2 is 2.10 bits per heavy atom. The maximum atomic E-state index is 12.2. The first kappa shape index (κ1) is 16.2. The van der Waals surface area contributed by atoms with Gasteiger partial charge >= 0.3 is 0 Å². The second-order valence-corrected chi connectivity index (χ2v) is 4.95. The van der Waals surface area contributed by atoms with Crippen LogP contribution < -0.4 is 0 Å². The van der Waals surface area contributed by atoms with Gasteiger partial charge in [0.25, 0.3) is 0 Å². The van der Waals surface area contributed by atoms with E-state index in [1.807, 2.05) is 26.8 Å². The summed E-state index contributed by atoms with van der Waals surface area (Å²) in [5.41, 5.74) is 2.66. The Bertz CT molecular complexity index is 516. The molecular formula is C17H22O3. The van der Waals surface area contributed by atoms with Gasteiger partial charge in [0.05, 0.1) is 0 Å². The van der Waals surface area contributed by atoms with E-state index in [-0.39, 0.29) is 18.2 Å². The average Bonchev–Trinajstić information content (AvgIpc) is 2.53. The first-order chi connectivity index (χ1) is 9.45. The van der Waals surface area contributed by atoms with Crippen molar-refractivity contribution in [2.45, 2.75) is 40.5 Å². The maximum Gasteiger partial charge on any atom is 0.188 e. The third kappa shape index (κ3) is 4.65. The quantitative estimate of drug-likeness (QED) is 0.567. The molecule has 0 heterocycles. The summed E-state index contributed by atoms with van der Waals surface area (Å²) in [6.45, 7) is 7.23. The largest absolute Gasteiger partial charge is 0.486 e. The van der Waals surface area contributed by atoms with Gasteiger partial charge in [-0.2, -0.15) is 0 Å². The summed E-state index contributed by atoms with van der Waals surface area (Å²) >= 11 is 0. The molecule has 3 heteroatoms. The average molecular weight is 274 g/mol. The molecule has 0 radical (unpaired) electrons. The van der Waals surface area contributed by atoms with E-state index in [0.29, 0.717) is 11.3 Å². The van der Waals surface area contributed by atoms with Crippen LogP contribution >= 0.6 is 0 Å². The Kier molecular flexibility index (Phi) is 6.16. The zero-order valence-corrected chi connectivity index (χ0v) is 12.7. The minimum Gasteiger partial charge on any atom is -0.486 e. The molecule has 0 saturated heterocycles. The number of allylic oxidation sites excluding steroid dienone is 7. The molecule has 0 aromatic heterocycles. The summed E-state index contributed by atoms with van der Waals surface area (Å²) in [6.07, 6.45) is 9.02. The van der Waals surface area contributed by atoms with Gasteiger partial charge < -0.3 is 4.74 Å². The molecule has 1 aliphatic carbocycles. The lowest BCUT2D eigenvalue weighted by atomic mass is 10.0. The van der Waals surface area contributed by atoms with Crippen molar-refractivity contribution < 1.29 is 14.3 Å². The van der Waals surface area contributed by atoms with Gasteiger partial charge in [-0.25, -0.2) is 0 Å². The van der Waals surface area contributed by atoms with Crippen LogP contribution in [0.25, 0.3) is 0 Å². The monoisotopic (exact) mass is 274 g/mol. The van der Waals surface area contributed by atoms with Crippen molar-refractivity contribution in [3.05, 3.63) is 46.8 Å². The molecule has 3 nitrogen and oxygen atoms in total. The summed E-state index contributed by atoms with van der Waals surface area (Å²) < 4.78 is 5.33. The van der Waals surface area contributed by atoms with Gasteiger partial charge in [-0.15, -0.1) is 0 Å². The lowest BCUT2D eigenvalue weighted by molar-refractivity contribution is -0.120. The van der Waals surface area contributed by atoms with Crippen molar-refractivity contribution in [1.82, 2.24) is 0 Å². The molecule has 0 aliphatic heterocycles. The molecule has 0 aromatic rings. The molecule has 0 atom stereocenters. The fraction of sp³-hybridized carbons (Fsp3) is 0.412. The normalized spacial score (nSPS) is 17.3. The van der Waals surface area contributed by atoms with E-state index >= 15 is 0 Å². The van der Waals surface area contributed by atoms with Crippen LogP contribution in [0.4, 0.5) is 0 Å². The first-order valence-corrected chi connectivity index (χ1v) is 6.83. The number of Topliss-reactive ketones (excluding diaryl/α,β-unsaturated/α-hetero) is 2. The number of rotatable bonds is 5. The Hall–Kier alpha value is -1.90. The summed E-state index contributed by atoms with van der Waals surface area (Å²) in [5, 5.41) is 0. The molecule has 0 fully saturated rings. The van der Waals surface area contributed by atoms with Gasteiger partial charge in [0.15, 0.2) is 11.6 Å². The van der Waals surface area contributed by atoms with Crippen molar-refractivity contribution in [1.29, 1.82) is 0 Å². The predicted octanol–water partition coefficient (Wildman–Crippen LogP) is 3.68. The standard InChI is InChI=1S/C17H22O3/c1-5-16(20-11-13(3)18)10-9-15-8-6-7-12(2)14(4)17(15)19/h5,8-10H,6-7,11H2,1-4H3/b10-9-,16-5+. The molecule has 0 aromatic carbocycles. The lowest BCUT2D eigenvalue weighted by Crippen LogP contribution is -2.04. The zero-order chi connectivity index (χ0) is 15.1. The Morgan fingerprint density at radius 1 is 1.40 bits per heavy atom. The highest BCUT2D eigenvalue weighted by Crippen LogP contribution is 2.21. The smallest absolute Gasteiger partial charge is 0.188 e. The van der Waals surface area contributed by atoms with Crippen LogP contribution in [0.3, 0.4) is 0 Å². The summed E-state index contributed by atoms with van der Waals surface area (Å²) in [6, 6.07) is 0. The minimum atomic E-state index is -0.0306. The van der Waals surface area contributed by atoms with Gasteiger partial charge in [0.2, 0.25) is 0 Å². The number of carbonyl (C=O) groups excluding carboxylic acids is 2. The van der Waals surface area contributed by atoms with Crippen molar-refractivity contribution >= 4 is 11.6 Å².